The van der Waals surface area contributed by atoms with Gasteiger partial charge in [-0.1, -0.05) is 81.9 Å². The van der Waals surface area contributed by atoms with Crippen LogP contribution in [0.25, 0.3) is 33.8 Å². The van der Waals surface area contributed by atoms with Crippen LogP contribution in [0.3, 0.4) is 0 Å². The van der Waals surface area contributed by atoms with Crippen LogP contribution in [0.15, 0.2) is 114 Å². The summed E-state index contributed by atoms with van der Waals surface area (Å²) in [6, 6.07) is 31.4. The van der Waals surface area contributed by atoms with E-state index in [0.717, 1.165) is 10.0 Å². The van der Waals surface area contributed by atoms with Crippen molar-refractivity contribution < 1.29 is 58.3 Å². The largest absolute Gasteiger partial charge is 0.463 e. The molecule has 3 aromatic carbocycles. The fraction of sp³-hybridized carbons (Fsp3) is 0.167. The monoisotopic (exact) mass is 1090 g/mol. The van der Waals surface area contributed by atoms with E-state index >= 15 is 0 Å². The minimum Gasteiger partial charge on any atom is -0.463 e. The maximum absolute atomic E-state index is 11.5. The third-order valence-electron chi connectivity index (χ3n) is 11.1. The van der Waals surface area contributed by atoms with E-state index in [9.17, 15) is 39.0 Å². The van der Waals surface area contributed by atoms with Crippen LogP contribution in [0.4, 0.5) is 17.1 Å². The Balaban J connectivity index is 0.000000173. The van der Waals surface area contributed by atoms with E-state index in [4.69, 9.17) is 55.4 Å². The fourth-order valence-electron chi connectivity index (χ4n) is 6.89. The van der Waals surface area contributed by atoms with Crippen molar-refractivity contribution in [2.45, 2.75) is 36.1 Å². The molecule has 15 N–H and O–H groups in total. The van der Waals surface area contributed by atoms with Gasteiger partial charge in [-0.05, 0) is 72.8 Å². The smallest absolute Gasteiger partial charge is 0.351 e. The molecule has 0 radical (unpaired) electrons. The second-order valence-corrected chi connectivity index (χ2v) is 17.5. The van der Waals surface area contributed by atoms with Crippen molar-refractivity contribution in [3.63, 3.8) is 0 Å². The number of rotatable bonds is 6. The molecule has 3 atom stereocenters. The average Bonchev–Trinajstić information content (AvgIpc) is 4.05. The average molecular weight is 1090 g/mol. The quantitative estimate of drug-likeness (QED) is 0.0657. The zero-order chi connectivity index (χ0) is 55.4. The van der Waals surface area contributed by atoms with Gasteiger partial charge in [0.05, 0.1) is 54.0 Å². The van der Waals surface area contributed by atoms with Crippen molar-refractivity contribution in [2.24, 2.45) is 17.2 Å². The summed E-state index contributed by atoms with van der Waals surface area (Å²) in [5.41, 5.74) is 33.4. The van der Waals surface area contributed by atoms with Gasteiger partial charge in [-0.15, -0.1) is 6.42 Å². The van der Waals surface area contributed by atoms with Gasteiger partial charge in [0.25, 0.3) is 17.7 Å². The number of nitrogens with two attached hydrogens (primary N) is 6. The lowest BCUT2D eigenvalue weighted by molar-refractivity contribution is -0.149. The third kappa shape index (κ3) is 13.7. The van der Waals surface area contributed by atoms with Crippen LogP contribution in [0.2, 0.25) is 0 Å². The maximum atomic E-state index is 11.5. The highest BCUT2D eigenvalue weighted by Crippen LogP contribution is 2.26. The van der Waals surface area contributed by atoms with Gasteiger partial charge < -0.3 is 63.9 Å². The highest BCUT2D eigenvalue weighted by atomic mass is 79.9. The molecular weight excluding hydrogens is 1050 g/mol. The Bertz CT molecular complexity index is 3320. The molecule has 3 saturated heterocycles. The summed E-state index contributed by atoms with van der Waals surface area (Å²) in [6.45, 7) is 0.518. The number of anilines is 3. The van der Waals surface area contributed by atoms with Crippen LogP contribution >= 0.6 is 15.9 Å². The summed E-state index contributed by atoms with van der Waals surface area (Å²) >= 11 is 3.38. The first-order valence-electron chi connectivity index (χ1n) is 22.4. The summed E-state index contributed by atoms with van der Waals surface area (Å²) in [4.78, 5) is 79.9. The maximum Gasteiger partial charge on any atom is 0.351 e. The Kier molecular flexibility index (Phi) is 17.5. The zero-order valence-corrected chi connectivity index (χ0v) is 41.5. The summed E-state index contributed by atoms with van der Waals surface area (Å²) in [5, 5.41) is 29.3. The summed E-state index contributed by atoms with van der Waals surface area (Å²) < 4.78 is 14.8. The SMILES string of the molecule is C#CC1(O)CCOC1=O.NC(=O)c1nc(-c2cccc(Br)c2)ccc1N.NC(=O)c1nc(-c2cccc(C#C[C@@]3(O)CCOC3=O)c2)ccc1N.NC(=O)c1nc(-c2cccc(C#C[C@]3(O)CCOC3=O)c2)ccc1N. The third-order valence-corrected chi connectivity index (χ3v) is 11.6. The predicted octanol–water partition coefficient (Wildman–Crippen LogP) is 2.41. The first-order chi connectivity index (χ1) is 36.0. The Morgan fingerprint density at radius 2 is 0.842 bits per heavy atom. The predicted molar refractivity (Wildman–Crippen MR) is 280 cm³/mol. The number of ether oxygens (including phenoxy) is 3. The molecule has 6 aromatic rings. The van der Waals surface area contributed by atoms with Crippen LogP contribution in [0, 0.1) is 36.0 Å². The van der Waals surface area contributed by atoms with Crippen molar-refractivity contribution in [3.05, 3.63) is 142 Å². The molecule has 76 heavy (non-hydrogen) atoms. The van der Waals surface area contributed by atoms with E-state index in [1.54, 1.807) is 84.9 Å². The Morgan fingerprint density at radius 3 is 1.13 bits per heavy atom. The molecule has 0 spiro atoms. The van der Waals surface area contributed by atoms with Gasteiger partial charge in [0.15, 0.2) is 17.1 Å². The number of primary amides is 3. The van der Waals surface area contributed by atoms with Crippen LogP contribution < -0.4 is 34.4 Å². The van der Waals surface area contributed by atoms with Crippen LogP contribution in [-0.2, 0) is 28.6 Å². The number of esters is 3. The highest BCUT2D eigenvalue weighted by Gasteiger charge is 2.42. The molecule has 3 aliphatic heterocycles. The molecular formula is C54H46BrN9O12. The van der Waals surface area contributed by atoms with Gasteiger partial charge in [-0.2, -0.15) is 0 Å². The fourth-order valence-corrected chi connectivity index (χ4v) is 7.29. The number of hydrogen-bond donors (Lipinski definition) is 9. The molecule has 0 aliphatic carbocycles. The van der Waals surface area contributed by atoms with Gasteiger partial charge in [-0.3, -0.25) is 14.4 Å². The van der Waals surface area contributed by atoms with E-state index in [2.05, 4.69) is 59.3 Å². The molecule has 3 aromatic heterocycles. The minimum absolute atomic E-state index is 0.00278. The number of hydrogen-bond acceptors (Lipinski definition) is 18. The van der Waals surface area contributed by atoms with Gasteiger partial charge in [0.2, 0.25) is 16.8 Å². The van der Waals surface area contributed by atoms with Gasteiger partial charge >= 0.3 is 17.9 Å². The first kappa shape index (κ1) is 55.7. The van der Waals surface area contributed by atoms with Gasteiger partial charge in [0, 0.05) is 51.6 Å². The van der Waals surface area contributed by atoms with Crippen molar-refractivity contribution >= 4 is 68.6 Å². The van der Waals surface area contributed by atoms with Crippen molar-refractivity contribution in [1.82, 2.24) is 15.0 Å². The summed E-state index contributed by atoms with van der Waals surface area (Å²) in [6.07, 6.45) is 5.35. The molecule has 9 rings (SSSR count). The lowest BCUT2D eigenvalue weighted by Gasteiger charge is -2.08. The Hall–Kier alpha value is -9.63. The van der Waals surface area contributed by atoms with Crippen molar-refractivity contribution in [2.75, 3.05) is 37.0 Å². The summed E-state index contributed by atoms with van der Waals surface area (Å²) in [7, 11) is 0. The molecule has 3 amide bonds. The number of aliphatic hydroxyl groups is 3. The molecule has 1 unspecified atom stereocenters. The summed E-state index contributed by atoms with van der Waals surface area (Å²) in [5.74, 6) is 8.41. The minimum atomic E-state index is -1.77. The van der Waals surface area contributed by atoms with Crippen LogP contribution in [-0.4, -0.2) is 103 Å². The number of cyclic esters (lactones) is 3. The van der Waals surface area contributed by atoms with Crippen molar-refractivity contribution in [3.8, 4) is 69.8 Å². The normalized spacial score (nSPS) is 18.8. The zero-order valence-electron chi connectivity index (χ0n) is 39.9. The molecule has 3 aliphatic rings. The van der Waals surface area contributed by atoms with Crippen LogP contribution in [0.1, 0.15) is 61.9 Å². The van der Waals surface area contributed by atoms with E-state index in [0.29, 0.717) is 39.3 Å². The molecule has 0 saturated carbocycles. The Labute approximate surface area is 442 Å². The number of pyridine rings is 3. The number of aromatic nitrogens is 3. The number of halogens is 1. The molecule has 0 bridgehead atoms. The number of carbonyl (C=O) groups is 6. The highest BCUT2D eigenvalue weighted by molar-refractivity contribution is 9.10. The van der Waals surface area contributed by atoms with Crippen LogP contribution in [0.5, 0.6) is 0 Å². The standard InChI is InChI=1S/2C18H15N3O4.C12H10BrN3O.C6H6O3/c2*19-13-4-5-14(21-15(13)16(20)22)12-3-1-2-11(10-12)6-7-18(24)8-9-25-17(18)23;13-8-3-1-2-7(6-8)10-5-4-9(14)11(16-10)12(15)17;1-2-6(8)3-4-9-5(6)7/h2*1-5,10,24H,8-9,19H2,(H2,20,22);1-6H,14H2,(H2,15,17);1,8H,3-4H2/t2*18-;;/m10../s1. The van der Waals surface area contributed by atoms with Gasteiger partial charge in [-0.25, -0.2) is 29.3 Å². The number of carbonyl (C=O) groups excluding carboxylic acids is 6. The van der Waals surface area contributed by atoms with Gasteiger partial charge in [0.1, 0.15) is 0 Å². The number of terminal acetylenes is 1. The molecule has 3 fully saturated rings. The van der Waals surface area contributed by atoms with Crippen molar-refractivity contribution in [1.29, 1.82) is 0 Å². The van der Waals surface area contributed by atoms with E-state index in [-0.39, 0.29) is 73.2 Å². The second-order valence-electron chi connectivity index (χ2n) is 16.6. The van der Waals surface area contributed by atoms with E-state index < -0.39 is 52.4 Å². The Morgan fingerprint density at radius 1 is 0.513 bits per heavy atom. The van der Waals surface area contributed by atoms with E-state index in [1.165, 1.54) is 0 Å². The number of nitrogen functional groups attached to an aromatic ring is 3. The number of nitrogens with zero attached hydrogens (tertiary/aromatic N) is 3. The number of amides is 3. The molecule has 386 valence electrons. The lowest BCUT2D eigenvalue weighted by Crippen LogP contribution is -2.31. The van der Waals surface area contributed by atoms with E-state index in [1.807, 2.05) is 30.2 Å². The lowest BCUT2D eigenvalue weighted by atomic mass is 10.0. The molecule has 22 heteroatoms. The molecule has 21 nitrogen and oxygen atoms in total. The molecule has 6 heterocycles. The second kappa shape index (κ2) is 23.9. The number of benzene rings is 3. The first-order valence-corrected chi connectivity index (χ1v) is 23.2. The topological polar surface area (TPSA) is 386 Å².